The van der Waals surface area contributed by atoms with Gasteiger partial charge in [-0.15, -0.1) is 0 Å². The number of esters is 1. The van der Waals surface area contributed by atoms with Crippen LogP contribution < -0.4 is 5.56 Å². The number of nitrogens with one attached hydrogen (secondary N) is 1. The third-order valence-electron chi connectivity index (χ3n) is 1.48. The van der Waals surface area contributed by atoms with E-state index in [9.17, 15) is 9.59 Å². The summed E-state index contributed by atoms with van der Waals surface area (Å²) in [6.07, 6.45) is 0. The molecule has 0 saturated carbocycles. The maximum Gasteiger partial charge on any atom is 0.338 e. The number of hydrogen-bond acceptors (Lipinski definition) is 4. The number of aromatic amines is 1. The molecule has 0 aliphatic rings. The summed E-state index contributed by atoms with van der Waals surface area (Å²) in [6.45, 7) is 1.89. The lowest BCUT2D eigenvalue weighted by atomic mass is 10.2. The number of rotatable bonds is 2. The number of H-pyrrole nitrogens is 1. The Morgan fingerprint density at radius 1 is 1.64 bits per heavy atom. The molecule has 0 aliphatic heterocycles. The Morgan fingerprint density at radius 3 is 2.93 bits per heavy atom. The topological polar surface area (TPSA) is 82.9 Å². The highest BCUT2D eigenvalue weighted by molar-refractivity contribution is 5.89. The van der Waals surface area contributed by atoms with Crippen LogP contribution >= 0.6 is 0 Å². The minimum Gasteiger partial charge on any atom is -0.462 e. The van der Waals surface area contributed by atoms with Gasteiger partial charge in [-0.25, -0.2) is 4.79 Å². The van der Waals surface area contributed by atoms with Gasteiger partial charge in [-0.05, 0) is 13.0 Å². The van der Waals surface area contributed by atoms with E-state index in [0.29, 0.717) is 0 Å². The van der Waals surface area contributed by atoms with Gasteiger partial charge in [-0.2, -0.15) is 5.26 Å². The molecule has 5 heteroatoms. The van der Waals surface area contributed by atoms with E-state index in [1.807, 2.05) is 0 Å². The van der Waals surface area contributed by atoms with Gasteiger partial charge in [0.25, 0.3) is 0 Å². The van der Waals surface area contributed by atoms with Crippen LogP contribution in [-0.4, -0.2) is 17.6 Å². The largest absolute Gasteiger partial charge is 0.462 e. The van der Waals surface area contributed by atoms with Gasteiger partial charge >= 0.3 is 5.97 Å². The first-order chi connectivity index (χ1) is 6.67. The average Bonchev–Trinajstić information content (AvgIpc) is 2.17. The van der Waals surface area contributed by atoms with Crippen LogP contribution in [0.25, 0.3) is 0 Å². The van der Waals surface area contributed by atoms with Crippen molar-refractivity contribution in [2.24, 2.45) is 0 Å². The smallest absolute Gasteiger partial charge is 0.338 e. The first-order valence-electron chi connectivity index (χ1n) is 3.99. The van der Waals surface area contributed by atoms with Crippen molar-refractivity contribution in [2.45, 2.75) is 6.92 Å². The fraction of sp³-hybridized carbons (Fsp3) is 0.222. The number of carbonyl (C=O) groups is 1. The van der Waals surface area contributed by atoms with Crippen molar-refractivity contribution in [3.8, 4) is 6.07 Å². The van der Waals surface area contributed by atoms with Gasteiger partial charge < -0.3 is 9.72 Å². The Morgan fingerprint density at radius 2 is 2.36 bits per heavy atom. The fourth-order valence-electron chi connectivity index (χ4n) is 0.936. The molecule has 1 N–H and O–H groups in total. The van der Waals surface area contributed by atoms with Crippen LogP contribution in [0.5, 0.6) is 0 Å². The van der Waals surface area contributed by atoms with Crippen molar-refractivity contribution in [1.82, 2.24) is 4.98 Å². The summed E-state index contributed by atoms with van der Waals surface area (Å²) in [5.74, 6) is -0.602. The highest BCUT2D eigenvalue weighted by atomic mass is 16.5. The zero-order chi connectivity index (χ0) is 10.6. The van der Waals surface area contributed by atoms with Crippen molar-refractivity contribution in [2.75, 3.05) is 6.61 Å². The summed E-state index contributed by atoms with van der Waals surface area (Å²) in [7, 11) is 0. The second kappa shape index (κ2) is 4.23. The predicted octanol–water partition coefficient (Wildman–Crippen LogP) is 0.423. The molecule has 1 aromatic heterocycles. The Labute approximate surface area is 79.9 Å². The monoisotopic (exact) mass is 192 g/mol. The molecule has 0 fully saturated rings. The van der Waals surface area contributed by atoms with Gasteiger partial charge in [0.2, 0.25) is 5.56 Å². The van der Waals surface area contributed by atoms with Crippen molar-refractivity contribution in [3.63, 3.8) is 0 Å². The van der Waals surface area contributed by atoms with Crippen molar-refractivity contribution >= 4 is 5.97 Å². The van der Waals surface area contributed by atoms with E-state index < -0.39 is 11.5 Å². The number of aromatic nitrogens is 1. The van der Waals surface area contributed by atoms with E-state index in [0.717, 1.165) is 6.07 Å². The van der Waals surface area contributed by atoms with Gasteiger partial charge in [0.05, 0.1) is 12.2 Å². The van der Waals surface area contributed by atoms with E-state index in [-0.39, 0.29) is 17.9 Å². The molecule has 5 nitrogen and oxygen atoms in total. The maximum atomic E-state index is 11.2. The van der Waals surface area contributed by atoms with Crippen LogP contribution in [0, 0.1) is 11.3 Å². The summed E-state index contributed by atoms with van der Waals surface area (Å²) in [5, 5.41) is 8.53. The molecule has 0 atom stereocenters. The standard InChI is InChI=1S/C9H8N2O3/c1-2-14-9(13)6-3-7(5-10)11-8(12)4-6/h3-4H,2H2,1H3,(H,11,12). The van der Waals surface area contributed by atoms with Crippen molar-refractivity contribution in [3.05, 3.63) is 33.7 Å². The zero-order valence-electron chi connectivity index (χ0n) is 7.53. The van der Waals surface area contributed by atoms with Gasteiger partial charge in [0.1, 0.15) is 11.8 Å². The molecule has 0 spiro atoms. The second-order valence-electron chi connectivity index (χ2n) is 2.48. The zero-order valence-corrected chi connectivity index (χ0v) is 7.53. The third-order valence-corrected chi connectivity index (χ3v) is 1.48. The fourth-order valence-corrected chi connectivity index (χ4v) is 0.936. The van der Waals surface area contributed by atoms with Gasteiger partial charge in [0, 0.05) is 6.07 Å². The van der Waals surface area contributed by atoms with Crippen LogP contribution in [0.3, 0.4) is 0 Å². The van der Waals surface area contributed by atoms with Gasteiger partial charge in [-0.3, -0.25) is 4.79 Å². The average molecular weight is 192 g/mol. The molecule has 1 heterocycles. The molecule has 0 aromatic carbocycles. The molecule has 1 rings (SSSR count). The number of carbonyl (C=O) groups excluding carboxylic acids is 1. The molecular formula is C9H8N2O3. The van der Waals surface area contributed by atoms with E-state index in [2.05, 4.69) is 9.72 Å². The van der Waals surface area contributed by atoms with Crippen LogP contribution in [0.15, 0.2) is 16.9 Å². The maximum absolute atomic E-state index is 11.2. The summed E-state index contributed by atoms with van der Waals surface area (Å²) in [4.78, 5) is 24.4. The highest BCUT2D eigenvalue weighted by Gasteiger charge is 2.08. The number of ether oxygens (including phenoxy) is 1. The van der Waals surface area contributed by atoms with Crippen molar-refractivity contribution in [1.29, 1.82) is 5.26 Å². The SMILES string of the molecule is CCOC(=O)c1cc(C#N)[nH]c(=O)c1. The quantitative estimate of drug-likeness (QED) is 0.688. The third kappa shape index (κ3) is 2.20. The molecular weight excluding hydrogens is 184 g/mol. The Balaban J connectivity index is 3.11. The number of hydrogen-bond donors (Lipinski definition) is 1. The van der Waals surface area contributed by atoms with E-state index >= 15 is 0 Å². The summed E-state index contributed by atoms with van der Waals surface area (Å²) >= 11 is 0. The van der Waals surface area contributed by atoms with E-state index in [1.165, 1.54) is 6.07 Å². The first kappa shape index (κ1) is 9.99. The van der Waals surface area contributed by atoms with Crippen LogP contribution in [-0.2, 0) is 4.74 Å². The molecule has 0 saturated heterocycles. The lowest BCUT2D eigenvalue weighted by Gasteiger charge is -2.00. The second-order valence-corrected chi connectivity index (χ2v) is 2.48. The number of nitrogens with zero attached hydrogens (tertiary/aromatic N) is 1. The summed E-state index contributed by atoms with van der Waals surface area (Å²) in [6, 6.07) is 4.12. The Bertz CT molecular complexity index is 442. The first-order valence-corrected chi connectivity index (χ1v) is 3.99. The minimum atomic E-state index is -0.602. The van der Waals surface area contributed by atoms with Gasteiger partial charge in [0.15, 0.2) is 0 Å². The van der Waals surface area contributed by atoms with Crippen molar-refractivity contribution < 1.29 is 9.53 Å². The minimum absolute atomic E-state index is 0.0422. The van der Waals surface area contributed by atoms with E-state index in [1.54, 1.807) is 13.0 Å². The Hall–Kier alpha value is -2.09. The normalized spacial score (nSPS) is 9.14. The molecule has 14 heavy (non-hydrogen) atoms. The van der Waals surface area contributed by atoms with Gasteiger partial charge in [-0.1, -0.05) is 0 Å². The lowest BCUT2D eigenvalue weighted by molar-refractivity contribution is 0.0526. The molecule has 0 bridgehead atoms. The molecule has 0 radical (unpaired) electrons. The summed E-state index contributed by atoms with van der Waals surface area (Å²) < 4.78 is 4.68. The lowest BCUT2D eigenvalue weighted by Crippen LogP contribution is -2.13. The molecule has 0 unspecified atom stereocenters. The van der Waals surface area contributed by atoms with Crippen LogP contribution in [0.4, 0.5) is 0 Å². The Kier molecular flexibility index (Phi) is 3.02. The number of pyridine rings is 1. The molecule has 1 aromatic rings. The molecule has 72 valence electrons. The predicted molar refractivity (Wildman–Crippen MR) is 47.7 cm³/mol. The summed E-state index contributed by atoms with van der Waals surface area (Å²) in [5.41, 5.74) is -0.361. The van der Waals surface area contributed by atoms with E-state index in [4.69, 9.17) is 5.26 Å². The van der Waals surface area contributed by atoms with Crippen LogP contribution in [0.1, 0.15) is 23.0 Å². The highest BCUT2D eigenvalue weighted by Crippen LogP contribution is 2.00. The molecule has 0 aliphatic carbocycles. The molecule has 0 amide bonds. The van der Waals surface area contributed by atoms with Crippen LogP contribution in [0.2, 0.25) is 0 Å². The number of nitriles is 1.